The lowest BCUT2D eigenvalue weighted by Gasteiger charge is -2.19. The van der Waals surface area contributed by atoms with Crippen LogP contribution < -0.4 is 10.1 Å². The fraction of sp³-hybridized carbons (Fsp3) is 0.450. The SMILES string of the molecule is COCCN1Cc2cc(C(=O)NCCc3c(C)noc3C)ccc2OCC1=O. The molecule has 0 atom stereocenters. The summed E-state index contributed by atoms with van der Waals surface area (Å²) in [5, 5.41) is 6.84. The van der Waals surface area contributed by atoms with Gasteiger partial charge in [0.05, 0.1) is 12.3 Å². The van der Waals surface area contributed by atoms with E-state index in [1.165, 1.54) is 0 Å². The van der Waals surface area contributed by atoms with Gasteiger partial charge < -0.3 is 24.2 Å². The number of amides is 2. The van der Waals surface area contributed by atoms with Crippen LogP contribution >= 0.6 is 0 Å². The van der Waals surface area contributed by atoms with Gasteiger partial charge in [0.15, 0.2) is 6.61 Å². The standard InChI is InChI=1S/C20H25N3O5/c1-13-17(14(2)28-22-13)6-7-21-20(25)15-4-5-18-16(10-15)11-23(8-9-26-3)19(24)12-27-18/h4-5,10H,6-9,11-12H2,1-3H3,(H,21,25). The monoisotopic (exact) mass is 387 g/mol. The van der Waals surface area contributed by atoms with Crippen molar-refractivity contribution in [1.29, 1.82) is 0 Å². The lowest BCUT2D eigenvalue weighted by Crippen LogP contribution is -2.34. The van der Waals surface area contributed by atoms with Gasteiger partial charge in [-0.25, -0.2) is 0 Å². The van der Waals surface area contributed by atoms with Gasteiger partial charge in [0.1, 0.15) is 11.5 Å². The average molecular weight is 387 g/mol. The number of methoxy groups -OCH3 is 1. The van der Waals surface area contributed by atoms with E-state index in [1.807, 2.05) is 13.8 Å². The quantitative estimate of drug-likeness (QED) is 0.776. The van der Waals surface area contributed by atoms with Gasteiger partial charge in [0, 0.05) is 43.4 Å². The fourth-order valence-electron chi connectivity index (χ4n) is 3.18. The van der Waals surface area contributed by atoms with Crippen molar-refractivity contribution in [2.24, 2.45) is 0 Å². The van der Waals surface area contributed by atoms with E-state index in [9.17, 15) is 9.59 Å². The van der Waals surface area contributed by atoms with E-state index in [-0.39, 0.29) is 18.4 Å². The van der Waals surface area contributed by atoms with Crippen LogP contribution in [0.5, 0.6) is 5.75 Å². The van der Waals surface area contributed by atoms with E-state index in [0.717, 1.165) is 22.6 Å². The number of nitrogens with one attached hydrogen (secondary N) is 1. The maximum Gasteiger partial charge on any atom is 0.260 e. The highest BCUT2D eigenvalue weighted by atomic mass is 16.5. The molecular weight excluding hydrogens is 362 g/mol. The van der Waals surface area contributed by atoms with Gasteiger partial charge in [-0.2, -0.15) is 0 Å². The number of ether oxygens (including phenoxy) is 2. The molecule has 0 bridgehead atoms. The van der Waals surface area contributed by atoms with Gasteiger partial charge in [-0.3, -0.25) is 9.59 Å². The molecule has 0 saturated carbocycles. The number of hydrogen-bond acceptors (Lipinski definition) is 6. The number of aromatic nitrogens is 1. The van der Waals surface area contributed by atoms with E-state index in [1.54, 1.807) is 30.2 Å². The Morgan fingerprint density at radius 2 is 2.18 bits per heavy atom. The van der Waals surface area contributed by atoms with Gasteiger partial charge in [-0.1, -0.05) is 5.16 Å². The van der Waals surface area contributed by atoms with Gasteiger partial charge in [-0.15, -0.1) is 0 Å². The molecule has 8 heteroatoms. The van der Waals surface area contributed by atoms with E-state index in [0.29, 0.717) is 44.0 Å². The summed E-state index contributed by atoms with van der Waals surface area (Å²) in [5.74, 6) is 1.13. The molecule has 1 aromatic heterocycles. The Bertz CT molecular complexity index is 842. The highest BCUT2D eigenvalue weighted by molar-refractivity contribution is 5.94. The number of aryl methyl sites for hydroxylation is 2. The number of rotatable bonds is 7. The third-order valence-corrected chi connectivity index (χ3v) is 4.79. The van der Waals surface area contributed by atoms with E-state index in [4.69, 9.17) is 14.0 Å². The number of benzene rings is 1. The Balaban J connectivity index is 1.65. The Labute approximate surface area is 163 Å². The summed E-state index contributed by atoms with van der Waals surface area (Å²) < 4.78 is 15.8. The minimum atomic E-state index is -0.173. The maximum atomic E-state index is 12.5. The predicted molar refractivity (Wildman–Crippen MR) is 101 cm³/mol. The Morgan fingerprint density at radius 3 is 2.89 bits per heavy atom. The summed E-state index contributed by atoms with van der Waals surface area (Å²) in [7, 11) is 1.60. The molecule has 2 aromatic rings. The summed E-state index contributed by atoms with van der Waals surface area (Å²) in [4.78, 5) is 26.4. The van der Waals surface area contributed by atoms with E-state index >= 15 is 0 Å². The van der Waals surface area contributed by atoms with Gasteiger partial charge in [0.2, 0.25) is 0 Å². The molecule has 28 heavy (non-hydrogen) atoms. The molecule has 8 nitrogen and oxygen atoms in total. The molecule has 1 aliphatic heterocycles. The molecule has 150 valence electrons. The molecule has 0 radical (unpaired) electrons. The zero-order valence-corrected chi connectivity index (χ0v) is 16.4. The highest BCUT2D eigenvalue weighted by Gasteiger charge is 2.22. The minimum absolute atomic E-state index is 0.0142. The number of fused-ring (bicyclic) bond motifs is 1. The fourth-order valence-corrected chi connectivity index (χ4v) is 3.18. The number of hydrogen-bond donors (Lipinski definition) is 1. The van der Waals surface area contributed by atoms with Crippen molar-refractivity contribution in [2.45, 2.75) is 26.8 Å². The Morgan fingerprint density at radius 1 is 1.36 bits per heavy atom. The first kappa shape index (κ1) is 19.9. The van der Waals surface area contributed by atoms with Crippen LogP contribution in [0.4, 0.5) is 0 Å². The van der Waals surface area contributed by atoms with Crippen molar-refractivity contribution in [3.8, 4) is 5.75 Å². The first-order valence-corrected chi connectivity index (χ1v) is 9.22. The zero-order valence-electron chi connectivity index (χ0n) is 16.4. The molecule has 2 amide bonds. The molecule has 3 rings (SSSR count). The molecule has 0 spiro atoms. The van der Waals surface area contributed by atoms with Gasteiger partial charge in [0.25, 0.3) is 11.8 Å². The van der Waals surface area contributed by atoms with Crippen molar-refractivity contribution in [3.05, 3.63) is 46.3 Å². The van der Waals surface area contributed by atoms with Crippen LogP contribution in [0.2, 0.25) is 0 Å². The zero-order chi connectivity index (χ0) is 20.1. The Hall–Kier alpha value is -2.87. The van der Waals surface area contributed by atoms with Crippen LogP contribution in [-0.4, -0.2) is 55.3 Å². The summed E-state index contributed by atoms with van der Waals surface area (Å²) in [5.41, 5.74) is 3.19. The first-order chi connectivity index (χ1) is 13.5. The second kappa shape index (κ2) is 8.88. The van der Waals surface area contributed by atoms with Crippen LogP contribution in [0.25, 0.3) is 0 Å². The lowest BCUT2D eigenvalue weighted by molar-refractivity contribution is -0.133. The number of carbonyl (C=O) groups is 2. The topological polar surface area (TPSA) is 93.9 Å². The predicted octanol–water partition coefficient (Wildman–Crippen LogP) is 1.63. The van der Waals surface area contributed by atoms with Crippen LogP contribution in [0.15, 0.2) is 22.7 Å². The molecule has 1 N–H and O–H groups in total. The molecule has 0 fully saturated rings. The molecule has 0 unspecified atom stereocenters. The van der Waals surface area contributed by atoms with E-state index in [2.05, 4.69) is 10.5 Å². The van der Waals surface area contributed by atoms with Crippen LogP contribution in [0, 0.1) is 13.8 Å². The normalized spacial score (nSPS) is 13.7. The summed E-state index contributed by atoms with van der Waals surface area (Å²) in [6.45, 7) is 5.52. The smallest absolute Gasteiger partial charge is 0.260 e. The molecule has 0 saturated heterocycles. The summed E-state index contributed by atoms with van der Waals surface area (Å²) in [6.07, 6.45) is 0.653. The first-order valence-electron chi connectivity index (χ1n) is 9.22. The average Bonchev–Trinajstić information content (AvgIpc) is 2.92. The molecule has 2 heterocycles. The third kappa shape index (κ3) is 4.51. The molecular formula is C20H25N3O5. The van der Waals surface area contributed by atoms with Gasteiger partial charge in [-0.05, 0) is 38.5 Å². The van der Waals surface area contributed by atoms with Crippen LogP contribution in [0.1, 0.15) is 32.9 Å². The largest absolute Gasteiger partial charge is 0.483 e. The molecule has 1 aliphatic rings. The van der Waals surface area contributed by atoms with Gasteiger partial charge >= 0.3 is 0 Å². The van der Waals surface area contributed by atoms with E-state index < -0.39 is 0 Å². The third-order valence-electron chi connectivity index (χ3n) is 4.79. The summed E-state index contributed by atoms with van der Waals surface area (Å²) >= 11 is 0. The minimum Gasteiger partial charge on any atom is -0.483 e. The van der Waals surface area contributed by atoms with Crippen molar-refractivity contribution < 1.29 is 23.6 Å². The van der Waals surface area contributed by atoms with Crippen molar-refractivity contribution in [2.75, 3.05) is 33.4 Å². The second-order valence-corrected chi connectivity index (χ2v) is 6.73. The van der Waals surface area contributed by atoms with Crippen LogP contribution in [0.3, 0.4) is 0 Å². The molecule has 1 aromatic carbocycles. The van der Waals surface area contributed by atoms with Crippen molar-refractivity contribution >= 4 is 11.8 Å². The number of carbonyl (C=O) groups excluding carboxylic acids is 2. The molecule has 0 aliphatic carbocycles. The van der Waals surface area contributed by atoms with Crippen molar-refractivity contribution in [1.82, 2.24) is 15.4 Å². The second-order valence-electron chi connectivity index (χ2n) is 6.73. The van der Waals surface area contributed by atoms with Crippen molar-refractivity contribution in [3.63, 3.8) is 0 Å². The number of nitrogens with zero attached hydrogens (tertiary/aromatic N) is 2. The van der Waals surface area contributed by atoms with Crippen LogP contribution in [-0.2, 0) is 22.5 Å². The highest BCUT2D eigenvalue weighted by Crippen LogP contribution is 2.25. The lowest BCUT2D eigenvalue weighted by atomic mass is 10.1. The Kier molecular flexibility index (Phi) is 6.30. The summed E-state index contributed by atoms with van der Waals surface area (Å²) in [6, 6.07) is 5.23. The maximum absolute atomic E-state index is 12.5.